The quantitative estimate of drug-likeness (QED) is 0.858. The molecule has 1 fully saturated rings. The van der Waals surface area contributed by atoms with Crippen LogP contribution in [0.2, 0.25) is 0 Å². The van der Waals surface area contributed by atoms with Crippen LogP contribution < -0.4 is 11.1 Å². The van der Waals surface area contributed by atoms with Gasteiger partial charge in [0.2, 0.25) is 5.91 Å². The summed E-state index contributed by atoms with van der Waals surface area (Å²) < 4.78 is 0. The van der Waals surface area contributed by atoms with E-state index in [0.717, 1.165) is 30.2 Å². The minimum absolute atomic E-state index is 0. The number of carbonyl (C=O) groups excluding carboxylic acids is 2. The van der Waals surface area contributed by atoms with Gasteiger partial charge >= 0.3 is 0 Å². The summed E-state index contributed by atoms with van der Waals surface area (Å²) >= 11 is 0. The van der Waals surface area contributed by atoms with Crippen molar-refractivity contribution in [3.8, 4) is 0 Å². The van der Waals surface area contributed by atoms with Gasteiger partial charge in [-0.1, -0.05) is 30.3 Å². The Morgan fingerprint density at radius 1 is 1.16 bits per heavy atom. The fourth-order valence-corrected chi connectivity index (χ4v) is 3.27. The van der Waals surface area contributed by atoms with Crippen molar-refractivity contribution in [3.63, 3.8) is 0 Å². The lowest BCUT2D eigenvalue weighted by Gasteiger charge is -2.23. The number of benzene rings is 2. The van der Waals surface area contributed by atoms with Crippen molar-refractivity contribution in [1.29, 1.82) is 0 Å². The Hall–Kier alpha value is -2.11. The molecule has 0 aliphatic carbocycles. The molecule has 2 aromatic carbocycles. The number of nitrogens with one attached hydrogen (secondary N) is 1. The number of hydrogen-bond donors (Lipinski definition) is 2. The number of hydrogen-bond acceptors (Lipinski definition) is 3. The van der Waals surface area contributed by atoms with Gasteiger partial charge in [0.05, 0.1) is 0 Å². The molecule has 2 amide bonds. The molecule has 134 valence electrons. The highest BCUT2D eigenvalue weighted by molar-refractivity contribution is 5.98. The number of amides is 2. The zero-order valence-electron chi connectivity index (χ0n) is 14.1. The van der Waals surface area contributed by atoms with Gasteiger partial charge in [-0.2, -0.15) is 0 Å². The predicted octanol–water partition coefficient (Wildman–Crippen LogP) is 2.33. The average molecular weight is 362 g/mol. The van der Waals surface area contributed by atoms with Crippen molar-refractivity contribution in [3.05, 3.63) is 48.0 Å². The second-order valence-corrected chi connectivity index (χ2v) is 6.19. The van der Waals surface area contributed by atoms with Gasteiger partial charge in [0.15, 0.2) is 0 Å². The molecule has 0 aromatic heterocycles. The van der Waals surface area contributed by atoms with Crippen LogP contribution in [0.1, 0.15) is 29.6 Å². The zero-order chi connectivity index (χ0) is 16.9. The monoisotopic (exact) mass is 361 g/mol. The number of halogens is 1. The summed E-state index contributed by atoms with van der Waals surface area (Å²) in [5, 5.41) is 4.97. The first kappa shape index (κ1) is 19.2. The molecule has 2 aromatic rings. The molecule has 1 unspecified atom stereocenters. The Bertz CT molecular complexity index is 750. The minimum Gasteiger partial charge on any atom is -0.352 e. The van der Waals surface area contributed by atoms with Crippen molar-refractivity contribution in [1.82, 2.24) is 10.2 Å². The molecule has 1 aliphatic heterocycles. The maximum Gasteiger partial charge on any atom is 0.251 e. The molecule has 6 heteroatoms. The summed E-state index contributed by atoms with van der Waals surface area (Å²) in [6.45, 7) is 1.63. The first-order valence-electron chi connectivity index (χ1n) is 8.45. The first-order chi connectivity index (χ1) is 11.7. The predicted molar refractivity (Wildman–Crippen MR) is 102 cm³/mol. The van der Waals surface area contributed by atoms with Gasteiger partial charge in [0.25, 0.3) is 5.91 Å². The third kappa shape index (κ3) is 4.50. The molecular weight excluding hydrogens is 338 g/mol. The van der Waals surface area contributed by atoms with Crippen molar-refractivity contribution < 1.29 is 9.59 Å². The SMILES string of the molecule is Cl.NCC1CCCN1C(=O)CCNC(=O)c1ccc2ccccc2c1. The Kier molecular flexibility index (Phi) is 6.79. The third-order valence-corrected chi connectivity index (χ3v) is 4.61. The van der Waals surface area contributed by atoms with Crippen LogP contribution >= 0.6 is 12.4 Å². The lowest BCUT2D eigenvalue weighted by atomic mass is 10.1. The molecule has 3 N–H and O–H groups in total. The molecular formula is C19H24ClN3O2. The molecule has 5 nitrogen and oxygen atoms in total. The molecule has 1 atom stereocenters. The molecule has 0 spiro atoms. The number of carbonyl (C=O) groups is 2. The van der Waals surface area contributed by atoms with E-state index in [4.69, 9.17) is 5.73 Å². The first-order valence-corrected chi connectivity index (χ1v) is 8.45. The molecule has 0 saturated carbocycles. The lowest BCUT2D eigenvalue weighted by Crippen LogP contribution is -2.41. The number of nitrogens with two attached hydrogens (primary N) is 1. The minimum atomic E-state index is -0.148. The van der Waals surface area contributed by atoms with Crippen LogP contribution in [0, 0.1) is 0 Å². The summed E-state index contributed by atoms with van der Waals surface area (Å²) in [7, 11) is 0. The van der Waals surface area contributed by atoms with Gasteiger partial charge in [-0.05, 0) is 35.7 Å². The van der Waals surface area contributed by atoms with Crippen LogP contribution in [0.3, 0.4) is 0 Å². The number of nitrogens with zero attached hydrogens (tertiary/aromatic N) is 1. The molecule has 1 heterocycles. The number of likely N-dealkylation sites (tertiary alicyclic amines) is 1. The second kappa shape index (κ2) is 8.83. The van der Waals surface area contributed by atoms with Crippen molar-refractivity contribution in [2.75, 3.05) is 19.6 Å². The van der Waals surface area contributed by atoms with Crippen molar-refractivity contribution in [2.24, 2.45) is 5.73 Å². The van der Waals surface area contributed by atoms with Gasteiger partial charge in [-0.3, -0.25) is 9.59 Å². The van der Waals surface area contributed by atoms with E-state index in [1.165, 1.54) is 0 Å². The Morgan fingerprint density at radius 2 is 1.92 bits per heavy atom. The largest absolute Gasteiger partial charge is 0.352 e. The summed E-state index contributed by atoms with van der Waals surface area (Å²) in [5.74, 6) is -0.0767. The maximum absolute atomic E-state index is 12.3. The van der Waals surface area contributed by atoms with Crippen molar-refractivity contribution >= 4 is 35.0 Å². The Morgan fingerprint density at radius 3 is 2.68 bits per heavy atom. The van der Waals surface area contributed by atoms with Gasteiger partial charge in [-0.15, -0.1) is 12.4 Å². The third-order valence-electron chi connectivity index (χ3n) is 4.61. The molecule has 1 aliphatic rings. The van der Waals surface area contributed by atoms with E-state index in [-0.39, 0.29) is 30.3 Å². The summed E-state index contributed by atoms with van der Waals surface area (Å²) in [4.78, 5) is 26.3. The fourth-order valence-electron chi connectivity index (χ4n) is 3.27. The van der Waals surface area contributed by atoms with E-state index < -0.39 is 0 Å². The van der Waals surface area contributed by atoms with Crippen LogP contribution in [-0.2, 0) is 4.79 Å². The van der Waals surface area contributed by atoms with Gasteiger partial charge in [-0.25, -0.2) is 0 Å². The van der Waals surface area contributed by atoms with E-state index in [0.29, 0.717) is 25.1 Å². The molecule has 1 saturated heterocycles. The topological polar surface area (TPSA) is 75.4 Å². The lowest BCUT2D eigenvalue weighted by molar-refractivity contribution is -0.131. The van der Waals surface area contributed by atoms with Crippen LogP contribution in [-0.4, -0.2) is 42.4 Å². The van der Waals surface area contributed by atoms with E-state index in [2.05, 4.69) is 5.32 Å². The Labute approximate surface area is 154 Å². The number of rotatable bonds is 5. The van der Waals surface area contributed by atoms with Gasteiger partial charge in [0.1, 0.15) is 0 Å². The summed E-state index contributed by atoms with van der Waals surface area (Å²) in [5.41, 5.74) is 6.31. The number of fused-ring (bicyclic) bond motifs is 1. The molecule has 25 heavy (non-hydrogen) atoms. The average Bonchev–Trinajstić information content (AvgIpc) is 3.10. The van der Waals surface area contributed by atoms with E-state index in [1.807, 2.05) is 47.4 Å². The van der Waals surface area contributed by atoms with Crippen LogP contribution in [0.15, 0.2) is 42.5 Å². The standard InChI is InChI=1S/C19H23N3O2.ClH/c20-13-17-6-3-11-22(17)18(23)9-10-21-19(24)16-8-7-14-4-1-2-5-15(14)12-16;/h1-2,4-5,7-8,12,17H,3,6,9-11,13,20H2,(H,21,24);1H. The second-order valence-electron chi connectivity index (χ2n) is 6.19. The van der Waals surface area contributed by atoms with E-state index in [9.17, 15) is 9.59 Å². The molecule has 0 bridgehead atoms. The highest BCUT2D eigenvalue weighted by atomic mass is 35.5. The van der Waals surface area contributed by atoms with E-state index >= 15 is 0 Å². The Balaban J connectivity index is 0.00000225. The van der Waals surface area contributed by atoms with E-state index in [1.54, 1.807) is 0 Å². The smallest absolute Gasteiger partial charge is 0.251 e. The van der Waals surface area contributed by atoms with Crippen LogP contribution in [0.5, 0.6) is 0 Å². The fraction of sp³-hybridized carbons (Fsp3) is 0.368. The van der Waals surface area contributed by atoms with Gasteiger partial charge < -0.3 is 16.0 Å². The van der Waals surface area contributed by atoms with Crippen molar-refractivity contribution in [2.45, 2.75) is 25.3 Å². The highest BCUT2D eigenvalue weighted by Gasteiger charge is 2.26. The van der Waals surface area contributed by atoms with Crippen LogP contribution in [0.4, 0.5) is 0 Å². The maximum atomic E-state index is 12.3. The summed E-state index contributed by atoms with van der Waals surface area (Å²) in [6, 6.07) is 13.7. The summed E-state index contributed by atoms with van der Waals surface area (Å²) in [6.07, 6.45) is 2.30. The molecule has 0 radical (unpaired) electrons. The molecule has 3 rings (SSSR count). The van der Waals surface area contributed by atoms with Gasteiger partial charge in [0, 0.05) is 37.7 Å². The highest BCUT2D eigenvalue weighted by Crippen LogP contribution is 2.17. The van der Waals surface area contributed by atoms with Crippen LogP contribution in [0.25, 0.3) is 10.8 Å². The normalized spacial score (nSPS) is 16.5. The zero-order valence-corrected chi connectivity index (χ0v) is 14.9.